The molecule has 0 aliphatic carbocycles. The van der Waals surface area contributed by atoms with E-state index in [-0.39, 0.29) is 24.9 Å². The standard InChI is InChI=1S/C6H3Br3O3/c7-1-4(10)2(8)6(12)3(9)5(1)11/h10-12H/p-1. The molecule has 3 nitrogen and oxygen atoms in total. The highest BCUT2D eigenvalue weighted by Gasteiger charge is 2.13. The number of hydrogen-bond acceptors (Lipinski definition) is 3. The molecule has 0 heterocycles. The first-order valence-corrected chi connectivity index (χ1v) is 5.10. The van der Waals surface area contributed by atoms with Gasteiger partial charge < -0.3 is 15.3 Å². The predicted molar refractivity (Wildman–Crippen MR) is 52.3 cm³/mol. The Hall–Kier alpha value is 0.0600. The molecule has 0 bridgehead atoms. The Bertz CT molecular complexity index is 232. The van der Waals surface area contributed by atoms with E-state index in [1.165, 1.54) is 0 Å². The Balaban J connectivity index is 3.60. The highest BCUT2D eigenvalue weighted by molar-refractivity contribution is 9.11. The molecular formula is C6H2Br3O3-. The molecule has 1 rings (SSSR count). The Labute approximate surface area is 93.4 Å². The van der Waals surface area contributed by atoms with Crippen LogP contribution in [0.4, 0.5) is 0 Å². The van der Waals surface area contributed by atoms with Crippen LogP contribution in [0.25, 0.3) is 0 Å². The van der Waals surface area contributed by atoms with Crippen molar-refractivity contribution >= 4 is 47.8 Å². The number of benzene rings is 1. The van der Waals surface area contributed by atoms with Gasteiger partial charge in [0.2, 0.25) is 0 Å². The molecule has 1 aromatic rings. The van der Waals surface area contributed by atoms with Crippen LogP contribution in [-0.4, -0.2) is 10.2 Å². The van der Waals surface area contributed by atoms with E-state index in [1.54, 1.807) is 0 Å². The molecule has 0 aromatic heterocycles. The van der Waals surface area contributed by atoms with Crippen molar-refractivity contribution in [1.29, 1.82) is 0 Å². The molecule has 0 aliphatic heterocycles. The van der Waals surface area contributed by atoms with E-state index < -0.39 is 5.75 Å². The lowest BCUT2D eigenvalue weighted by Crippen LogP contribution is -1.93. The summed E-state index contributed by atoms with van der Waals surface area (Å²) < 4.78 is 0.110. The van der Waals surface area contributed by atoms with Crippen LogP contribution in [-0.2, 0) is 0 Å². The number of rotatable bonds is 0. The largest absolute Gasteiger partial charge is 0.871 e. The summed E-state index contributed by atoms with van der Waals surface area (Å²) >= 11 is 8.68. The van der Waals surface area contributed by atoms with E-state index in [2.05, 4.69) is 47.8 Å². The van der Waals surface area contributed by atoms with Crippen LogP contribution < -0.4 is 5.11 Å². The predicted octanol–water partition coefficient (Wildman–Crippen LogP) is 2.46. The lowest BCUT2D eigenvalue weighted by Gasteiger charge is -2.15. The fourth-order valence-corrected chi connectivity index (χ4v) is 2.60. The summed E-state index contributed by atoms with van der Waals surface area (Å²) in [6, 6.07) is 0. The molecule has 6 heteroatoms. The van der Waals surface area contributed by atoms with Gasteiger partial charge in [-0.15, -0.1) is 0 Å². The fraction of sp³-hybridized carbons (Fsp3) is 0. The van der Waals surface area contributed by atoms with Crippen molar-refractivity contribution in [3.05, 3.63) is 13.4 Å². The summed E-state index contributed by atoms with van der Waals surface area (Å²) in [6.45, 7) is 0. The second-order valence-electron chi connectivity index (χ2n) is 1.97. The summed E-state index contributed by atoms with van der Waals surface area (Å²) in [4.78, 5) is 0. The smallest absolute Gasteiger partial charge is 0.147 e. The van der Waals surface area contributed by atoms with Crippen LogP contribution in [0.5, 0.6) is 17.2 Å². The molecule has 2 N–H and O–H groups in total. The van der Waals surface area contributed by atoms with Crippen molar-refractivity contribution in [2.24, 2.45) is 0 Å². The van der Waals surface area contributed by atoms with Gasteiger partial charge in [0.1, 0.15) is 16.0 Å². The maximum atomic E-state index is 11.1. The lowest BCUT2D eigenvalue weighted by atomic mass is 10.3. The van der Waals surface area contributed by atoms with Crippen LogP contribution in [0.15, 0.2) is 13.4 Å². The molecule has 0 fully saturated rings. The van der Waals surface area contributed by atoms with Gasteiger partial charge in [0.25, 0.3) is 0 Å². The topological polar surface area (TPSA) is 63.5 Å². The molecule has 0 aliphatic rings. The number of hydrogen-bond donors (Lipinski definition) is 2. The van der Waals surface area contributed by atoms with Gasteiger partial charge >= 0.3 is 0 Å². The summed E-state index contributed by atoms with van der Waals surface area (Å²) in [5.41, 5.74) is 0. The van der Waals surface area contributed by atoms with E-state index in [1.807, 2.05) is 0 Å². The first-order valence-electron chi connectivity index (χ1n) is 2.72. The molecule has 1 aromatic carbocycles. The summed E-state index contributed by atoms with van der Waals surface area (Å²) in [5.74, 6) is -1.10. The lowest BCUT2D eigenvalue weighted by molar-refractivity contribution is -0.270. The maximum Gasteiger partial charge on any atom is 0.147 e. The first-order chi connectivity index (χ1) is 5.46. The van der Waals surface area contributed by atoms with Gasteiger partial charge in [-0.05, 0) is 47.8 Å². The van der Waals surface area contributed by atoms with E-state index in [4.69, 9.17) is 0 Å². The third kappa shape index (κ3) is 1.43. The van der Waals surface area contributed by atoms with Crippen molar-refractivity contribution in [1.82, 2.24) is 0 Å². The van der Waals surface area contributed by atoms with E-state index in [9.17, 15) is 15.3 Å². The Morgan fingerprint density at radius 2 is 1.17 bits per heavy atom. The number of phenols is 2. The monoisotopic (exact) mass is 359 g/mol. The van der Waals surface area contributed by atoms with Crippen LogP contribution >= 0.6 is 47.8 Å². The van der Waals surface area contributed by atoms with Crippen LogP contribution in [0, 0.1) is 0 Å². The molecule has 0 unspecified atom stereocenters. The summed E-state index contributed by atoms with van der Waals surface area (Å²) in [5, 5.41) is 29.6. The molecule has 66 valence electrons. The minimum absolute atomic E-state index is 0.0130. The van der Waals surface area contributed by atoms with Crippen molar-refractivity contribution in [3.63, 3.8) is 0 Å². The van der Waals surface area contributed by atoms with Gasteiger partial charge in [0, 0.05) is 0 Å². The molecule has 0 saturated carbocycles. The van der Waals surface area contributed by atoms with Gasteiger partial charge in [-0.1, -0.05) is 5.75 Å². The fourth-order valence-electron chi connectivity index (χ4n) is 0.616. The number of halogens is 3. The molecule has 0 saturated heterocycles. The zero-order chi connectivity index (χ0) is 9.46. The molecule has 0 amide bonds. The second kappa shape index (κ2) is 3.43. The Morgan fingerprint density at radius 3 is 1.50 bits per heavy atom. The molecule has 0 radical (unpaired) electrons. The van der Waals surface area contributed by atoms with Gasteiger partial charge in [-0.2, -0.15) is 0 Å². The van der Waals surface area contributed by atoms with Crippen LogP contribution in [0.3, 0.4) is 0 Å². The maximum absolute atomic E-state index is 11.1. The average molecular weight is 362 g/mol. The van der Waals surface area contributed by atoms with E-state index in [0.717, 1.165) is 0 Å². The van der Waals surface area contributed by atoms with Gasteiger partial charge in [0.15, 0.2) is 0 Å². The van der Waals surface area contributed by atoms with Gasteiger partial charge in [-0.25, -0.2) is 0 Å². The second-order valence-corrected chi connectivity index (χ2v) is 4.35. The zero-order valence-corrected chi connectivity index (χ0v) is 10.2. The first kappa shape index (κ1) is 10.1. The summed E-state index contributed by atoms with van der Waals surface area (Å²) in [6.07, 6.45) is 0. The third-order valence-corrected chi connectivity index (χ3v) is 3.45. The van der Waals surface area contributed by atoms with Gasteiger partial charge in [0.05, 0.1) is 8.95 Å². The summed E-state index contributed by atoms with van der Waals surface area (Å²) in [7, 11) is 0. The van der Waals surface area contributed by atoms with E-state index in [0.29, 0.717) is 0 Å². The average Bonchev–Trinajstić information content (AvgIpc) is 2.08. The molecule has 0 atom stereocenters. The minimum atomic E-state index is -0.492. The molecular weight excluding hydrogens is 360 g/mol. The van der Waals surface area contributed by atoms with Crippen molar-refractivity contribution in [2.75, 3.05) is 0 Å². The Morgan fingerprint density at radius 1 is 0.833 bits per heavy atom. The third-order valence-electron chi connectivity index (χ3n) is 1.23. The Kier molecular flexibility index (Phi) is 2.90. The van der Waals surface area contributed by atoms with Crippen LogP contribution in [0.1, 0.15) is 0 Å². The highest BCUT2D eigenvalue weighted by Crippen LogP contribution is 2.48. The molecule has 0 spiro atoms. The van der Waals surface area contributed by atoms with E-state index >= 15 is 0 Å². The van der Waals surface area contributed by atoms with Gasteiger partial charge in [-0.3, -0.25) is 0 Å². The van der Waals surface area contributed by atoms with Crippen molar-refractivity contribution < 1.29 is 15.3 Å². The number of phenolic OH excluding ortho intramolecular Hbond substituents is 2. The minimum Gasteiger partial charge on any atom is -0.871 e. The quantitative estimate of drug-likeness (QED) is 0.746. The zero-order valence-electron chi connectivity index (χ0n) is 5.44. The van der Waals surface area contributed by atoms with Crippen molar-refractivity contribution in [3.8, 4) is 17.2 Å². The SMILES string of the molecule is [O-]c1c(Br)c(O)c(Br)c(O)c1Br. The van der Waals surface area contributed by atoms with Crippen LogP contribution in [0.2, 0.25) is 0 Å². The highest BCUT2D eigenvalue weighted by atomic mass is 79.9. The normalized spacial score (nSPS) is 10.2. The van der Waals surface area contributed by atoms with Crippen molar-refractivity contribution in [2.45, 2.75) is 0 Å². The number of aromatic hydroxyl groups is 2. The molecule has 12 heavy (non-hydrogen) atoms.